The summed E-state index contributed by atoms with van der Waals surface area (Å²) in [6.07, 6.45) is 0. The zero-order valence-corrected chi connectivity index (χ0v) is 17.2. The third kappa shape index (κ3) is 5.93. The predicted octanol–water partition coefficient (Wildman–Crippen LogP) is 1.18. The number of hydrogen-bond acceptors (Lipinski definition) is 6. The lowest BCUT2D eigenvalue weighted by Crippen LogP contribution is -2.43. The average Bonchev–Trinajstić information content (AvgIpc) is 2.71. The van der Waals surface area contributed by atoms with Crippen LogP contribution >= 0.6 is 0 Å². The quantitative estimate of drug-likeness (QED) is 0.619. The maximum Gasteiger partial charge on any atom is 0.276 e. The molecule has 0 bridgehead atoms. The summed E-state index contributed by atoms with van der Waals surface area (Å²) in [6.45, 7) is 1.96. The fourth-order valence-electron chi connectivity index (χ4n) is 2.21. The van der Waals surface area contributed by atoms with Crippen molar-refractivity contribution in [3.8, 4) is 11.5 Å². The number of carbonyl (C=O) groups excluding carboxylic acids is 2. The number of amides is 2. The van der Waals surface area contributed by atoms with Crippen LogP contribution in [0.15, 0.2) is 53.4 Å². The molecule has 0 aliphatic carbocycles. The summed E-state index contributed by atoms with van der Waals surface area (Å²) < 4.78 is 35.9. The van der Waals surface area contributed by atoms with Gasteiger partial charge in [0, 0.05) is 19.7 Å². The predicted molar refractivity (Wildman–Crippen MR) is 106 cm³/mol. The maximum atomic E-state index is 12.1. The molecule has 0 aliphatic heterocycles. The smallest absolute Gasteiger partial charge is 0.276 e. The van der Waals surface area contributed by atoms with Gasteiger partial charge >= 0.3 is 0 Å². The van der Waals surface area contributed by atoms with E-state index < -0.39 is 21.8 Å². The Labute approximate surface area is 169 Å². The lowest BCUT2D eigenvalue weighted by molar-refractivity contribution is -0.123. The Morgan fingerprint density at radius 3 is 2.07 bits per heavy atom. The number of sulfonamides is 1. The van der Waals surface area contributed by atoms with E-state index in [2.05, 4.69) is 10.9 Å². The van der Waals surface area contributed by atoms with E-state index in [0.717, 1.165) is 4.31 Å². The van der Waals surface area contributed by atoms with Crippen LogP contribution in [0.4, 0.5) is 0 Å². The Balaban J connectivity index is 1.88. The van der Waals surface area contributed by atoms with E-state index in [-0.39, 0.29) is 17.1 Å². The Morgan fingerprint density at radius 1 is 0.931 bits per heavy atom. The molecule has 0 saturated carbocycles. The van der Waals surface area contributed by atoms with Gasteiger partial charge in [0.2, 0.25) is 10.0 Å². The van der Waals surface area contributed by atoms with Crippen LogP contribution in [0.3, 0.4) is 0 Å². The van der Waals surface area contributed by atoms with E-state index in [4.69, 9.17) is 9.47 Å². The molecule has 0 fully saturated rings. The zero-order valence-electron chi connectivity index (χ0n) is 16.3. The van der Waals surface area contributed by atoms with E-state index in [1.54, 1.807) is 24.3 Å². The second-order valence-electron chi connectivity index (χ2n) is 5.98. The molecule has 156 valence electrons. The van der Waals surface area contributed by atoms with E-state index >= 15 is 0 Å². The van der Waals surface area contributed by atoms with Crippen LogP contribution in [-0.4, -0.2) is 51.8 Å². The number of carbonyl (C=O) groups is 2. The van der Waals surface area contributed by atoms with Crippen molar-refractivity contribution in [1.82, 2.24) is 15.2 Å². The van der Waals surface area contributed by atoms with Crippen LogP contribution < -0.4 is 20.3 Å². The van der Waals surface area contributed by atoms with E-state index in [1.165, 1.54) is 38.4 Å². The lowest BCUT2D eigenvalue weighted by Gasteiger charge is -2.13. The molecule has 2 rings (SSSR count). The topological polar surface area (TPSA) is 114 Å². The Hall–Kier alpha value is -3.11. The third-order valence-corrected chi connectivity index (χ3v) is 5.55. The summed E-state index contributed by atoms with van der Waals surface area (Å²) in [4.78, 5) is 24.1. The van der Waals surface area contributed by atoms with Crippen LogP contribution in [0.1, 0.15) is 17.3 Å². The van der Waals surface area contributed by atoms with E-state index in [1.807, 2.05) is 6.92 Å². The van der Waals surface area contributed by atoms with Crippen LogP contribution in [0.2, 0.25) is 0 Å². The fraction of sp³-hybridized carbons (Fsp3) is 0.263. The highest BCUT2D eigenvalue weighted by Gasteiger charge is 2.17. The van der Waals surface area contributed by atoms with Crippen LogP contribution in [0, 0.1) is 0 Å². The van der Waals surface area contributed by atoms with Crippen molar-refractivity contribution in [2.24, 2.45) is 0 Å². The number of ether oxygens (including phenoxy) is 2. The highest BCUT2D eigenvalue weighted by Crippen LogP contribution is 2.26. The number of nitrogens with one attached hydrogen (secondary N) is 2. The molecule has 0 saturated heterocycles. The van der Waals surface area contributed by atoms with Crippen molar-refractivity contribution < 1.29 is 27.5 Å². The van der Waals surface area contributed by atoms with Gasteiger partial charge in [-0.1, -0.05) is 12.1 Å². The number of para-hydroxylation sites is 2. The molecule has 0 unspecified atom stereocenters. The van der Waals surface area contributed by atoms with Crippen molar-refractivity contribution in [1.29, 1.82) is 0 Å². The SMILES string of the molecule is CCOc1ccccc1OCC(=O)NNC(=O)c1ccc(S(=O)(=O)N(C)C)cc1. The lowest BCUT2D eigenvalue weighted by atomic mass is 10.2. The Kier molecular flexibility index (Phi) is 7.57. The summed E-state index contributed by atoms with van der Waals surface area (Å²) >= 11 is 0. The minimum Gasteiger partial charge on any atom is -0.490 e. The van der Waals surface area contributed by atoms with Gasteiger partial charge in [-0.05, 0) is 43.3 Å². The van der Waals surface area contributed by atoms with Gasteiger partial charge in [0.25, 0.3) is 11.8 Å². The van der Waals surface area contributed by atoms with E-state index in [0.29, 0.717) is 18.1 Å². The van der Waals surface area contributed by atoms with Crippen LogP contribution in [0.5, 0.6) is 11.5 Å². The van der Waals surface area contributed by atoms with Gasteiger partial charge in [0.05, 0.1) is 11.5 Å². The zero-order chi connectivity index (χ0) is 21.4. The first kappa shape index (κ1) is 22.2. The fourth-order valence-corrected chi connectivity index (χ4v) is 3.11. The number of rotatable bonds is 8. The molecule has 0 aromatic heterocycles. The maximum absolute atomic E-state index is 12.1. The molecule has 2 amide bonds. The van der Waals surface area contributed by atoms with E-state index in [9.17, 15) is 18.0 Å². The number of nitrogens with zero attached hydrogens (tertiary/aromatic N) is 1. The minimum absolute atomic E-state index is 0.0597. The number of hydrogen-bond donors (Lipinski definition) is 2. The van der Waals surface area contributed by atoms with Crippen molar-refractivity contribution in [3.05, 3.63) is 54.1 Å². The standard InChI is InChI=1S/C19H23N3O6S/c1-4-27-16-7-5-6-8-17(16)28-13-18(23)20-21-19(24)14-9-11-15(12-10-14)29(25,26)22(2)3/h5-12H,4,13H2,1-3H3,(H,20,23)(H,21,24). The minimum atomic E-state index is -3.58. The second kappa shape index (κ2) is 9.89. The molecular weight excluding hydrogens is 398 g/mol. The molecule has 10 heteroatoms. The highest BCUT2D eigenvalue weighted by molar-refractivity contribution is 7.89. The molecule has 9 nitrogen and oxygen atoms in total. The first-order valence-electron chi connectivity index (χ1n) is 8.72. The van der Waals surface area contributed by atoms with Gasteiger partial charge in [0.1, 0.15) is 0 Å². The molecule has 0 heterocycles. The van der Waals surface area contributed by atoms with Gasteiger partial charge in [-0.3, -0.25) is 20.4 Å². The number of benzene rings is 2. The monoisotopic (exact) mass is 421 g/mol. The normalized spacial score (nSPS) is 11.0. The van der Waals surface area contributed by atoms with Crippen molar-refractivity contribution in [2.45, 2.75) is 11.8 Å². The Morgan fingerprint density at radius 2 is 1.52 bits per heavy atom. The molecule has 0 atom stereocenters. The summed E-state index contributed by atoms with van der Waals surface area (Å²) in [5.74, 6) is -0.244. The first-order chi connectivity index (χ1) is 13.8. The number of hydrazine groups is 1. The van der Waals surface area contributed by atoms with Crippen molar-refractivity contribution >= 4 is 21.8 Å². The molecule has 2 N–H and O–H groups in total. The van der Waals surface area contributed by atoms with Crippen LogP contribution in [-0.2, 0) is 14.8 Å². The first-order valence-corrected chi connectivity index (χ1v) is 10.2. The Bertz CT molecular complexity index is 958. The van der Waals surface area contributed by atoms with Gasteiger partial charge in [-0.15, -0.1) is 0 Å². The summed E-state index contributed by atoms with van der Waals surface area (Å²) in [5, 5.41) is 0. The molecule has 2 aromatic carbocycles. The van der Waals surface area contributed by atoms with Gasteiger partial charge in [0.15, 0.2) is 18.1 Å². The summed E-state index contributed by atoms with van der Waals surface area (Å²) in [5.41, 5.74) is 4.67. The molecule has 0 spiro atoms. The average molecular weight is 421 g/mol. The summed E-state index contributed by atoms with van der Waals surface area (Å²) in [6, 6.07) is 12.3. The third-order valence-electron chi connectivity index (χ3n) is 3.72. The van der Waals surface area contributed by atoms with Gasteiger partial charge < -0.3 is 9.47 Å². The summed E-state index contributed by atoms with van der Waals surface area (Å²) in [7, 11) is -0.747. The molecule has 0 aliphatic rings. The van der Waals surface area contributed by atoms with Gasteiger partial charge in [-0.25, -0.2) is 12.7 Å². The van der Waals surface area contributed by atoms with Crippen molar-refractivity contribution in [3.63, 3.8) is 0 Å². The molecule has 2 aromatic rings. The highest BCUT2D eigenvalue weighted by atomic mass is 32.2. The molecule has 29 heavy (non-hydrogen) atoms. The molecular formula is C19H23N3O6S. The molecule has 0 radical (unpaired) electrons. The van der Waals surface area contributed by atoms with Crippen molar-refractivity contribution in [2.75, 3.05) is 27.3 Å². The largest absolute Gasteiger partial charge is 0.490 e. The van der Waals surface area contributed by atoms with Gasteiger partial charge in [-0.2, -0.15) is 0 Å². The second-order valence-corrected chi connectivity index (χ2v) is 8.13. The van der Waals surface area contributed by atoms with Crippen LogP contribution in [0.25, 0.3) is 0 Å².